The topological polar surface area (TPSA) is 86.4 Å². The fourth-order valence-corrected chi connectivity index (χ4v) is 4.84. The molecule has 1 N–H and O–H groups in total. The summed E-state index contributed by atoms with van der Waals surface area (Å²) in [6, 6.07) is 13.0. The first kappa shape index (κ1) is 18.4. The highest BCUT2D eigenvalue weighted by atomic mass is 32.2. The number of aromatic nitrogens is 2. The summed E-state index contributed by atoms with van der Waals surface area (Å²) in [6.45, 7) is 1.25. The van der Waals surface area contributed by atoms with Crippen LogP contribution >= 0.6 is 0 Å². The molecule has 0 atom stereocenters. The molecule has 0 saturated carbocycles. The third-order valence-electron chi connectivity index (χ3n) is 4.80. The van der Waals surface area contributed by atoms with Crippen LogP contribution in [-0.2, 0) is 14.8 Å². The van der Waals surface area contributed by atoms with Gasteiger partial charge in [-0.3, -0.25) is 4.79 Å². The fraction of sp³-hybridized carbons (Fsp3) is 0.200. The number of rotatable bonds is 4. The minimum Gasteiger partial charge on any atom is -0.345 e. The molecule has 1 aromatic carbocycles. The van der Waals surface area contributed by atoms with Crippen LogP contribution in [0.25, 0.3) is 17.1 Å². The summed E-state index contributed by atoms with van der Waals surface area (Å²) in [5, 5.41) is 0.576. The minimum atomic E-state index is -3.64. The molecule has 0 spiro atoms. The van der Waals surface area contributed by atoms with E-state index in [2.05, 4.69) is 9.97 Å². The number of benzene rings is 1. The number of carbonyl (C=O) groups is 1. The smallest absolute Gasteiger partial charge is 0.246 e. The van der Waals surface area contributed by atoms with Gasteiger partial charge in [-0.25, -0.2) is 13.4 Å². The van der Waals surface area contributed by atoms with Crippen LogP contribution < -0.4 is 0 Å². The van der Waals surface area contributed by atoms with Crippen LogP contribution in [0, 0.1) is 0 Å². The third-order valence-corrected chi connectivity index (χ3v) is 6.74. The van der Waals surface area contributed by atoms with Gasteiger partial charge in [-0.05, 0) is 23.8 Å². The summed E-state index contributed by atoms with van der Waals surface area (Å²) >= 11 is 0. The zero-order chi connectivity index (χ0) is 19.6. The molecule has 1 fully saturated rings. The molecule has 0 radical (unpaired) electrons. The maximum Gasteiger partial charge on any atom is 0.246 e. The number of fused-ring (bicyclic) bond motifs is 1. The lowest BCUT2D eigenvalue weighted by Crippen LogP contribution is -2.50. The van der Waals surface area contributed by atoms with Gasteiger partial charge >= 0.3 is 0 Å². The fourth-order valence-electron chi connectivity index (χ4n) is 3.27. The van der Waals surface area contributed by atoms with Gasteiger partial charge in [0.1, 0.15) is 10.5 Å². The summed E-state index contributed by atoms with van der Waals surface area (Å²) in [6.07, 6.45) is 6.39. The summed E-state index contributed by atoms with van der Waals surface area (Å²) in [5.41, 5.74) is 1.49. The average Bonchev–Trinajstić information content (AvgIpc) is 3.18. The number of carbonyl (C=O) groups excluding carboxylic acids is 1. The number of nitrogens with one attached hydrogen (secondary N) is 1. The predicted molar refractivity (Wildman–Crippen MR) is 107 cm³/mol. The van der Waals surface area contributed by atoms with Crippen molar-refractivity contribution in [3.63, 3.8) is 0 Å². The highest BCUT2D eigenvalue weighted by Gasteiger charge is 2.31. The van der Waals surface area contributed by atoms with Gasteiger partial charge in [-0.2, -0.15) is 4.31 Å². The maximum atomic E-state index is 13.0. The maximum absolute atomic E-state index is 13.0. The molecule has 1 aliphatic heterocycles. The van der Waals surface area contributed by atoms with Crippen LogP contribution in [0.1, 0.15) is 5.56 Å². The number of H-pyrrole nitrogens is 1. The lowest BCUT2D eigenvalue weighted by molar-refractivity contribution is -0.127. The molecule has 0 aliphatic carbocycles. The molecule has 7 nitrogen and oxygen atoms in total. The van der Waals surface area contributed by atoms with Gasteiger partial charge in [0, 0.05) is 50.0 Å². The molecule has 28 heavy (non-hydrogen) atoms. The summed E-state index contributed by atoms with van der Waals surface area (Å²) < 4.78 is 27.4. The van der Waals surface area contributed by atoms with Crippen molar-refractivity contribution in [2.45, 2.75) is 4.90 Å². The zero-order valence-corrected chi connectivity index (χ0v) is 16.0. The molecule has 1 aliphatic rings. The normalized spacial score (nSPS) is 16.1. The van der Waals surface area contributed by atoms with Crippen LogP contribution in [0.2, 0.25) is 0 Å². The number of sulfonamides is 1. The first-order valence-corrected chi connectivity index (χ1v) is 10.4. The Hall–Kier alpha value is -2.97. The van der Waals surface area contributed by atoms with Gasteiger partial charge in [-0.1, -0.05) is 30.3 Å². The van der Waals surface area contributed by atoms with E-state index in [4.69, 9.17) is 0 Å². The highest BCUT2D eigenvalue weighted by molar-refractivity contribution is 7.89. The number of hydrogen-bond donors (Lipinski definition) is 1. The number of amides is 1. The molecule has 4 rings (SSSR count). The molecule has 3 heterocycles. The van der Waals surface area contributed by atoms with Crippen molar-refractivity contribution >= 4 is 33.0 Å². The SMILES string of the molecule is O=C(/C=C/c1ccccc1)N1CCN(S(=O)(=O)c2c[nH]c3ncccc23)CC1. The second-order valence-corrected chi connectivity index (χ2v) is 8.43. The average molecular weight is 396 g/mol. The second kappa shape index (κ2) is 7.57. The second-order valence-electron chi connectivity index (χ2n) is 6.53. The van der Waals surface area contributed by atoms with Gasteiger partial charge in [0.05, 0.1) is 0 Å². The van der Waals surface area contributed by atoms with Gasteiger partial charge in [0.25, 0.3) is 0 Å². The molecular formula is C20H20N4O3S. The van der Waals surface area contributed by atoms with E-state index in [1.165, 1.54) is 16.6 Å². The Bertz CT molecular complexity index is 1110. The van der Waals surface area contributed by atoms with E-state index in [1.807, 2.05) is 30.3 Å². The molecule has 3 aromatic rings. The Morgan fingerprint density at radius 3 is 2.54 bits per heavy atom. The van der Waals surface area contributed by atoms with Crippen molar-refractivity contribution in [1.82, 2.24) is 19.2 Å². The number of piperazine rings is 1. The summed E-state index contributed by atoms with van der Waals surface area (Å²) in [5.74, 6) is -0.114. The Balaban J connectivity index is 1.43. The highest BCUT2D eigenvalue weighted by Crippen LogP contribution is 2.25. The van der Waals surface area contributed by atoms with Crippen molar-refractivity contribution in [1.29, 1.82) is 0 Å². The Kier molecular flexibility index (Phi) is 4.97. The number of aromatic amines is 1. The summed E-state index contributed by atoms with van der Waals surface area (Å²) in [4.78, 5) is 21.3. The third kappa shape index (κ3) is 3.56. The molecule has 1 amide bonds. The largest absolute Gasteiger partial charge is 0.345 e. The molecule has 8 heteroatoms. The van der Waals surface area contributed by atoms with Crippen molar-refractivity contribution < 1.29 is 13.2 Å². The van der Waals surface area contributed by atoms with Crippen molar-refractivity contribution in [2.75, 3.05) is 26.2 Å². The monoisotopic (exact) mass is 396 g/mol. The van der Waals surface area contributed by atoms with Crippen LogP contribution in [0.4, 0.5) is 0 Å². The predicted octanol–water partition coefficient (Wildman–Crippen LogP) is 2.11. The number of hydrogen-bond acceptors (Lipinski definition) is 4. The molecule has 0 unspecified atom stereocenters. The first-order valence-electron chi connectivity index (χ1n) is 9.00. The van der Waals surface area contributed by atoms with Crippen molar-refractivity contribution in [2.24, 2.45) is 0 Å². The van der Waals surface area contributed by atoms with E-state index >= 15 is 0 Å². The zero-order valence-electron chi connectivity index (χ0n) is 15.2. The lowest BCUT2D eigenvalue weighted by Gasteiger charge is -2.33. The summed E-state index contributed by atoms with van der Waals surface area (Å²) in [7, 11) is -3.64. The Labute approximate surface area is 163 Å². The van der Waals surface area contributed by atoms with Crippen LogP contribution in [0.3, 0.4) is 0 Å². The number of pyridine rings is 1. The lowest BCUT2D eigenvalue weighted by atomic mass is 10.2. The molecule has 144 valence electrons. The Morgan fingerprint density at radius 2 is 1.79 bits per heavy atom. The van der Waals surface area contributed by atoms with Crippen molar-refractivity contribution in [3.05, 3.63) is 66.5 Å². The molecular weight excluding hydrogens is 376 g/mol. The van der Waals surface area contributed by atoms with Gasteiger partial charge < -0.3 is 9.88 Å². The molecule has 0 bridgehead atoms. The first-order chi connectivity index (χ1) is 13.6. The van der Waals surface area contributed by atoms with Crippen molar-refractivity contribution in [3.8, 4) is 0 Å². The van der Waals surface area contributed by atoms with E-state index in [1.54, 1.807) is 29.3 Å². The van der Waals surface area contributed by atoms with E-state index < -0.39 is 10.0 Å². The van der Waals surface area contributed by atoms with E-state index in [-0.39, 0.29) is 23.9 Å². The van der Waals surface area contributed by atoms with Crippen LogP contribution in [0.15, 0.2) is 65.8 Å². The minimum absolute atomic E-state index is 0.114. The van der Waals surface area contributed by atoms with Crippen LogP contribution in [-0.4, -0.2) is 59.7 Å². The number of nitrogens with zero attached hydrogens (tertiary/aromatic N) is 3. The Morgan fingerprint density at radius 1 is 1.04 bits per heavy atom. The molecule has 1 saturated heterocycles. The van der Waals surface area contributed by atoms with Gasteiger partial charge in [0.2, 0.25) is 15.9 Å². The van der Waals surface area contributed by atoms with E-state index in [0.29, 0.717) is 24.1 Å². The molecule has 2 aromatic heterocycles. The van der Waals surface area contributed by atoms with Gasteiger partial charge in [-0.15, -0.1) is 0 Å². The van der Waals surface area contributed by atoms with E-state index in [9.17, 15) is 13.2 Å². The van der Waals surface area contributed by atoms with Gasteiger partial charge in [0.15, 0.2) is 0 Å². The standard InChI is InChI=1S/C20H20N4O3S/c25-19(9-8-16-5-2-1-3-6-16)23-11-13-24(14-12-23)28(26,27)18-15-22-20-17(18)7-4-10-21-20/h1-10,15H,11-14H2,(H,21,22)/b9-8+. The van der Waals surface area contributed by atoms with Crippen LogP contribution in [0.5, 0.6) is 0 Å². The quantitative estimate of drug-likeness (QED) is 0.685. The van der Waals surface area contributed by atoms with E-state index in [0.717, 1.165) is 5.56 Å².